The van der Waals surface area contributed by atoms with E-state index in [-0.39, 0.29) is 11.8 Å². The number of piperazine rings is 1. The number of carbonyl (C=O) groups is 2. The maximum atomic E-state index is 13.0. The van der Waals surface area contributed by atoms with Crippen molar-refractivity contribution in [3.63, 3.8) is 0 Å². The molecule has 0 spiro atoms. The first-order chi connectivity index (χ1) is 14.9. The second kappa shape index (κ2) is 8.63. The lowest BCUT2D eigenvalue weighted by molar-refractivity contribution is -0.114. The molecule has 1 N–H and O–H groups in total. The molecule has 0 radical (unpaired) electrons. The number of anilines is 2. The van der Waals surface area contributed by atoms with Crippen molar-refractivity contribution in [1.29, 1.82) is 0 Å². The summed E-state index contributed by atoms with van der Waals surface area (Å²) in [5.74, 6) is 0.384. The number of hydrogen-bond donors (Lipinski definition) is 1. The van der Waals surface area contributed by atoms with Crippen molar-refractivity contribution in [2.75, 3.05) is 36.4 Å². The molecule has 0 unspecified atom stereocenters. The van der Waals surface area contributed by atoms with E-state index in [0.29, 0.717) is 24.5 Å². The Morgan fingerprint density at radius 2 is 1.68 bits per heavy atom. The van der Waals surface area contributed by atoms with Crippen LogP contribution in [-0.4, -0.2) is 52.4 Å². The van der Waals surface area contributed by atoms with Crippen LogP contribution >= 0.6 is 0 Å². The van der Waals surface area contributed by atoms with Crippen LogP contribution in [0.5, 0.6) is 0 Å². The highest BCUT2D eigenvalue weighted by atomic mass is 16.2. The van der Waals surface area contributed by atoms with Gasteiger partial charge in [-0.1, -0.05) is 12.1 Å². The molecule has 4 rings (SSSR count). The van der Waals surface area contributed by atoms with Gasteiger partial charge < -0.3 is 19.7 Å². The van der Waals surface area contributed by atoms with Gasteiger partial charge in [-0.25, -0.2) is 4.98 Å². The van der Waals surface area contributed by atoms with Gasteiger partial charge >= 0.3 is 0 Å². The predicted octanol–water partition coefficient (Wildman–Crippen LogP) is 3.41. The van der Waals surface area contributed by atoms with Crippen molar-refractivity contribution in [3.05, 3.63) is 71.7 Å². The first-order valence-corrected chi connectivity index (χ1v) is 10.4. The molecule has 0 bridgehead atoms. The minimum atomic E-state index is -0.163. The first-order valence-electron chi connectivity index (χ1n) is 10.4. The smallest absolute Gasteiger partial charge is 0.253 e. The molecule has 2 heterocycles. The molecular formula is C24H27N5O2. The molecule has 7 heteroatoms. The van der Waals surface area contributed by atoms with Crippen LogP contribution in [0.2, 0.25) is 0 Å². The highest BCUT2D eigenvalue weighted by Gasteiger charge is 2.23. The van der Waals surface area contributed by atoms with E-state index in [1.54, 1.807) is 12.5 Å². The van der Waals surface area contributed by atoms with Crippen LogP contribution in [0.25, 0.3) is 5.69 Å². The molecule has 7 nitrogen and oxygen atoms in total. The third kappa shape index (κ3) is 4.45. The number of aromatic nitrogens is 2. The summed E-state index contributed by atoms with van der Waals surface area (Å²) in [6, 6.07) is 13.8. The lowest BCUT2D eigenvalue weighted by Crippen LogP contribution is -2.49. The van der Waals surface area contributed by atoms with Gasteiger partial charge in [0.15, 0.2) is 5.82 Å². The Labute approximate surface area is 182 Å². The van der Waals surface area contributed by atoms with Crippen molar-refractivity contribution in [3.8, 4) is 5.69 Å². The monoisotopic (exact) mass is 417 g/mol. The fourth-order valence-electron chi connectivity index (χ4n) is 3.90. The fraction of sp³-hybridized carbons (Fsp3) is 0.292. The van der Waals surface area contributed by atoms with E-state index in [4.69, 9.17) is 0 Å². The molecule has 2 aromatic carbocycles. The van der Waals surface area contributed by atoms with Crippen LogP contribution in [0.1, 0.15) is 28.4 Å². The lowest BCUT2D eigenvalue weighted by Gasteiger charge is -2.37. The summed E-state index contributed by atoms with van der Waals surface area (Å²) < 4.78 is 1.81. The summed E-state index contributed by atoms with van der Waals surface area (Å²) in [6.45, 7) is 8.80. The first kappa shape index (κ1) is 20.7. The highest BCUT2D eigenvalue weighted by Crippen LogP contribution is 2.24. The van der Waals surface area contributed by atoms with E-state index in [0.717, 1.165) is 18.8 Å². The summed E-state index contributed by atoms with van der Waals surface area (Å²) in [6.07, 6.45) is 3.37. The van der Waals surface area contributed by atoms with Gasteiger partial charge in [-0.2, -0.15) is 0 Å². The minimum absolute atomic E-state index is 0.0525. The summed E-state index contributed by atoms with van der Waals surface area (Å²) in [7, 11) is 0. The Hall–Kier alpha value is -3.61. The number of amides is 2. The molecule has 1 aliphatic rings. The second-order valence-corrected chi connectivity index (χ2v) is 7.89. The molecule has 0 aliphatic carbocycles. The van der Waals surface area contributed by atoms with Gasteiger partial charge in [0.2, 0.25) is 5.91 Å². The van der Waals surface area contributed by atoms with Crippen LogP contribution in [0, 0.1) is 13.8 Å². The number of nitrogens with zero attached hydrogens (tertiary/aromatic N) is 4. The highest BCUT2D eigenvalue weighted by molar-refractivity contribution is 5.94. The zero-order valence-corrected chi connectivity index (χ0v) is 18.1. The van der Waals surface area contributed by atoms with Crippen LogP contribution in [0.15, 0.2) is 55.0 Å². The van der Waals surface area contributed by atoms with Crippen LogP contribution in [-0.2, 0) is 4.79 Å². The SMILES string of the molecule is CC(=O)Nc1cn(-c2ccc(C(=O)N3CCN(c4cccc(C)c4C)CC3)cc2)cn1. The van der Waals surface area contributed by atoms with Crippen LogP contribution < -0.4 is 10.2 Å². The molecule has 31 heavy (non-hydrogen) atoms. The van der Waals surface area contributed by atoms with E-state index >= 15 is 0 Å². The number of benzene rings is 2. The predicted molar refractivity (Wildman–Crippen MR) is 122 cm³/mol. The van der Waals surface area contributed by atoms with Gasteiger partial charge in [0.25, 0.3) is 5.91 Å². The molecule has 1 fully saturated rings. The van der Waals surface area contributed by atoms with Crippen molar-refractivity contribution < 1.29 is 9.59 Å². The lowest BCUT2D eigenvalue weighted by atomic mass is 10.1. The standard InChI is InChI=1S/C24H27N5O2/c1-17-5-4-6-22(18(17)2)27-11-13-28(14-12-27)24(31)20-7-9-21(10-8-20)29-15-23(25-16-29)26-19(3)30/h4-10,15-16H,11-14H2,1-3H3,(H,26,30). The van der Waals surface area contributed by atoms with Gasteiger partial charge in [0, 0.05) is 50.0 Å². The Morgan fingerprint density at radius 3 is 2.35 bits per heavy atom. The molecule has 3 aromatic rings. The number of carbonyl (C=O) groups excluding carboxylic acids is 2. The Morgan fingerprint density at radius 1 is 0.968 bits per heavy atom. The number of imidazole rings is 1. The van der Waals surface area contributed by atoms with E-state index in [2.05, 4.69) is 47.2 Å². The molecule has 2 amide bonds. The molecular weight excluding hydrogens is 390 g/mol. The van der Waals surface area contributed by atoms with Crippen molar-refractivity contribution in [1.82, 2.24) is 14.5 Å². The third-order valence-corrected chi connectivity index (χ3v) is 5.78. The summed E-state index contributed by atoms with van der Waals surface area (Å²) in [5, 5.41) is 2.65. The van der Waals surface area contributed by atoms with Gasteiger partial charge in [0.05, 0.1) is 6.20 Å². The second-order valence-electron chi connectivity index (χ2n) is 7.89. The maximum Gasteiger partial charge on any atom is 0.253 e. The number of hydrogen-bond acceptors (Lipinski definition) is 4. The van der Waals surface area contributed by atoms with Crippen molar-refractivity contribution in [2.24, 2.45) is 0 Å². The van der Waals surface area contributed by atoms with Crippen LogP contribution in [0.3, 0.4) is 0 Å². The zero-order valence-electron chi connectivity index (χ0n) is 18.1. The number of aryl methyl sites for hydroxylation is 1. The Balaban J connectivity index is 1.39. The number of nitrogens with one attached hydrogen (secondary N) is 1. The molecule has 1 aromatic heterocycles. The van der Waals surface area contributed by atoms with Gasteiger partial charge in [-0.3, -0.25) is 9.59 Å². The quantitative estimate of drug-likeness (QED) is 0.706. The zero-order chi connectivity index (χ0) is 22.0. The minimum Gasteiger partial charge on any atom is -0.368 e. The fourth-order valence-corrected chi connectivity index (χ4v) is 3.90. The van der Waals surface area contributed by atoms with Gasteiger partial charge in [-0.15, -0.1) is 0 Å². The molecule has 0 saturated carbocycles. The maximum absolute atomic E-state index is 13.0. The van der Waals surface area contributed by atoms with E-state index in [9.17, 15) is 9.59 Å². The van der Waals surface area contributed by atoms with Crippen molar-refractivity contribution in [2.45, 2.75) is 20.8 Å². The van der Waals surface area contributed by atoms with Crippen LogP contribution in [0.4, 0.5) is 11.5 Å². The third-order valence-electron chi connectivity index (χ3n) is 5.78. The van der Waals surface area contributed by atoms with E-state index in [1.165, 1.54) is 23.7 Å². The summed E-state index contributed by atoms with van der Waals surface area (Å²) >= 11 is 0. The average Bonchev–Trinajstić information content (AvgIpc) is 3.23. The van der Waals surface area contributed by atoms with E-state index < -0.39 is 0 Å². The number of rotatable bonds is 4. The average molecular weight is 418 g/mol. The molecule has 160 valence electrons. The van der Waals surface area contributed by atoms with Gasteiger partial charge in [-0.05, 0) is 55.3 Å². The van der Waals surface area contributed by atoms with Crippen molar-refractivity contribution >= 4 is 23.3 Å². The van der Waals surface area contributed by atoms with Gasteiger partial charge in [0.1, 0.15) is 6.33 Å². The molecule has 0 atom stereocenters. The van der Waals surface area contributed by atoms with E-state index in [1.807, 2.05) is 33.7 Å². The summed E-state index contributed by atoms with van der Waals surface area (Å²) in [5.41, 5.74) is 5.40. The topological polar surface area (TPSA) is 70.5 Å². The Kier molecular flexibility index (Phi) is 5.75. The largest absolute Gasteiger partial charge is 0.368 e. The molecule has 1 aliphatic heterocycles. The normalized spacial score (nSPS) is 13.9. The summed E-state index contributed by atoms with van der Waals surface area (Å²) in [4.78, 5) is 32.6. The molecule has 1 saturated heterocycles. The Bertz CT molecular complexity index is 1100.